The number of anilines is 1. The van der Waals surface area contributed by atoms with Gasteiger partial charge < -0.3 is 20.3 Å². The minimum atomic E-state index is -0.999. The van der Waals surface area contributed by atoms with Crippen LogP contribution in [0.3, 0.4) is 0 Å². The molecular weight excluding hydrogens is 490 g/mol. The maximum atomic E-state index is 14.2. The first-order valence-corrected chi connectivity index (χ1v) is 13.3. The normalized spacial score (nSPS) is 13.4. The van der Waals surface area contributed by atoms with Gasteiger partial charge in [0.05, 0.1) is 0 Å². The van der Waals surface area contributed by atoms with Gasteiger partial charge in [0.25, 0.3) is 5.91 Å². The van der Waals surface area contributed by atoms with E-state index >= 15 is 0 Å². The van der Waals surface area contributed by atoms with Crippen LogP contribution in [0.2, 0.25) is 0 Å². The van der Waals surface area contributed by atoms with E-state index in [0.29, 0.717) is 17.7 Å². The van der Waals surface area contributed by atoms with Crippen LogP contribution in [-0.2, 0) is 14.3 Å². The monoisotopic (exact) mass is 533 g/mol. The van der Waals surface area contributed by atoms with Crippen LogP contribution in [0.25, 0.3) is 6.08 Å². The zero-order chi connectivity index (χ0) is 29.3. The highest BCUT2D eigenvalue weighted by Gasteiger charge is 2.38. The first-order chi connectivity index (χ1) is 18.3. The van der Waals surface area contributed by atoms with E-state index in [1.807, 2.05) is 70.2 Å². The maximum Gasteiger partial charge on any atom is 0.408 e. The third kappa shape index (κ3) is 8.57. The molecule has 3 atom stereocenters. The van der Waals surface area contributed by atoms with Gasteiger partial charge >= 0.3 is 6.09 Å². The van der Waals surface area contributed by atoms with E-state index < -0.39 is 29.7 Å². The second kappa shape index (κ2) is 13.8. The molecule has 2 N–H and O–H groups in total. The fourth-order valence-corrected chi connectivity index (χ4v) is 4.29. The number of benzene rings is 2. The summed E-state index contributed by atoms with van der Waals surface area (Å²) in [5.74, 6) is -0.996. The number of para-hydroxylation sites is 1. The molecule has 7 nitrogen and oxygen atoms in total. The molecule has 0 aromatic heterocycles. The molecule has 0 aliphatic heterocycles. The molecule has 210 valence electrons. The molecule has 2 aromatic rings. The average Bonchev–Trinajstić information content (AvgIpc) is 2.87. The number of hydrogen-bond donors (Lipinski definition) is 2. The number of rotatable bonds is 11. The first kappa shape index (κ1) is 31.3. The second-order valence-electron chi connectivity index (χ2n) is 10.8. The summed E-state index contributed by atoms with van der Waals surface area (Å²) >= 11 is 0. The Kier molecular flexibility index (Phi) is 11.1. The second-order valence-corrected chi connectivity index (χ2v) is 10.8. The summed E-state index contributed by atoms with van der Waals surface area (Å²) in [5, 5.41) is 5.82. The molecule has 3 amide bonds. The van der Waals surface area contributed by atoms with Gasteiger partial charge in [0.1, 0.15) is 17.7 Å². The van der Waals surface area contributed by atoms with Crippen molar-refractivity contribution in [1.82, 2.24) is 10.2 Å². The van der Waals surface area contributed by atoms with Crippen LogP contribution in [0.1, 0.15) is 69.3 Å². The zero-order valence-electron chi connectivity index (χ0n) is 24.3. The van der Waals surface area contributed by atoms with Crippen LogP contribution in [0.15, 0.2) is 61.7 Å². The van der Waals surface area contributed by atoms with Crippen molar-refractivity contribution in [1.29, 1.82) is 0 Å². The van der Waals surface area contributed by atoms with Crippen LogP contribution < -0.4 is 10.6 Å². The lowest BCUT2D eigenvalue weighted by Gasteiger charge is -2.35. The summed E-state index contributed by atoms with van der Waals surface area (Å²) in [7, 11) is 0. The predicted molar refractivity (Wildman–Crippen MR) is 158 cm³/mol. The summed E-state index contributed by atoms with van der Waals surface area (Å²) in [4.78, 5) is 42.4. The summed E-state index contributed by atoms with van der Waals surface area (Å²) in [6.45, 7) is 20.7. The van der Waals surface area contributed by atoms with E-state index in [2.05, 4.69) is 23.8 Å². The summed E-state index contributed by atoms with van der Waals surface area (Å²) in [5.41, 5.74) is 3.22. The molecule has 7 heteroatoms. The smallest absolute Gasteiger partial charge is 0.408 e. The molecule has 39 heavy (non-hydrogen) atoms. The van der Waals surface area contributed by atoms with Crippen LogP contribution in [0.5, 0.6) is 0 Å². The average molecular weight is 534 g/mol. The Morgan fingerprint density at radius 2 is 1.67 bits per heavy atom. The topological polar surface area (TPSA) is 87.7 Å². The van der Waals surface area contributed by atoms with Crippen molar-refractivity contribution in [2.75, 3.05) is 11.9 Å². The molecule has 0 radical (unpaired) electrons. The Labute approximate surface area is 233 Å². The van der Waals surface area contributed by atoms with Gasteiger partial charge in [-0.2, -0.15) is 0 Å². The molecule has 0 heterocycles. The Hall–Kier alpha value is -3.87. The van der Waals surface area contributed by atoms with E-state index in [1.54, 1.807) is 32.9 Å². The van der Waals surface area contributed by atoms with Gasteiger partial charge in [0, 0.05) is 12.2 Å². The largest absolute Gasteiger partial charge is 0.444 e. The molecular formula is C32H43N3O4. The van der Waals surface area contributed by atoms with Gasteiger partial charge in [-0.1, -0.05) is 75.4 Å². The number of carbonyl (C=O) groups excluding carboxylic acids is 3. The SMILES string of the molecule is C=CCN(C(=O)C(NC(=O)OC(C)(C)C)C(C)CC)C(C(=O)Nc1c(C)cccc1C)c1cccc(C=C)c1. The van der Waals surface area contributed by atoms with Crippen LogP contribution in [0, 0.1) is 19.8 Å². The van der Waals surface area contributed by atoms with Crippen LogP contribution >= 0.6 is 0 Å². The minimum absolute atomic E-state index is 0.0882. The highest BCUT2D eigenvalue weighted by molar-refractivity contribution is 6.00. The van der Waals surface area contributed by atoms with Gasteiger partial charge in [-0.05, 0) is 68.9 Å². The van der Waals surface area contributed by atoms with Crippen molar-refractivity contribution in [3.05, 3.63) is 84.0 Å². The number of ether oxygens (including phenoxy) is 1. The molecule has 0 bridgehead atoms. The molecule has 3 unspecified atom stereocenters. The standard InChI is InChI=1S/C32H43N3O4/c1-10-19-35(30(37)27(21(4)11-2)34-31(38)39-32(7,8)9)28(25-18-14-17-24(12-3)20-25)29(36)33-26-22(5)15-13-16-23(26)6/h10,12-18,20-21,27-28H,1,3,11,19H2,2,4-9H3,(H,33,36)(H,34,38). The summed E-state index contributed by atoms with van der Waals surface area (Å²) in [6, 6.07) is 11.2. The van der Waals surface area contributed by atoms with Crippen molar-refractivity contribution in [2.24, 2.45) is 5.92 Å². The molecule has 2 rings (SSSR count). The Bertz CT molecular complexity index is 1180. The van der Waals surface area contributed by atoms with E-state index in [0.717, 1.165) is 16.7 Å². The van der Waals surface area contributed by atoms with Crippen LogP contribution in [-0.4, -0.2) is 41.0 Å². The minimum Gasteiger partial charge on any atom is -0.444 e. The third-order valence-corrected chi connectivity index (χ3v) is 6.51. The number of aryl methyl sites for hydroxylation is 2. The Morgan fingerprint density at radius 1 is 1.05 bits per heavy atom. The first-order valence-electron chi connectivity index (χ1n) is 13.3. The quantitative estimate of drug-likeness (QED) is 0.319. The van der Waals surface area contributed by atoms with Crippen molar-refractivity contribution in [2.45, 2.75) is 72.6 Å². The summed E-state index contributed by atoms with van der Waals surface area (Å²) < 4.78 is 5.45. The third-order valence-electron chi connectivity index (χ3n) is 6.51. The van der Waals surface area contributed by atoms with Crippen molar-refractivity contribution < 1.29 is 19.1 Å². The number of alkyl carbamates (subject to hydrolysis) is 1. The molecule has 2 aromatic carbocycles. The number of carbonyl (C=O) groups is 3. The molecule has 0 saturated carbocycles. The van der Waals surface area contributed by atoms with Gasteiger partial charge in [0.2, 0.25) is 5.91 Å². The molecule has 0 aliphatic carbocycles. The number of hydrogen-bond acceptors (Lipinski definition) is 4. The molecule has 0 fully saturated rings. The predicted octanol–water partition coefficient (Wildman–Crippen LogP) is 6.58. The van der Waals surface area contributed by atoms with E-state index in [1.165, 1.54) is 4.90 Å². The Morgan fingerprint density at radius 3 is 2.21 bits per heavy atom. The lowest BCUT2D eigenvalue weighted by atomic mass is 9.95. The number of nitrogens with one attached hydrogen (secondary N) is 2. The highest BCUT2D eigenvalue weighted by atomic mass is 16.6. The number of nitrogens with zero attached hydrogens (tertiary/aromatic N) is 1. The highest BCUT2D eigenvalue weighted by Crippen LogP contribution is 2.28. The maximum absolute atomic E-state index is 14.2. The van der Waals surface area contributed by atoms with Gasteiger partial charge in [-0.15, -0.1) is 6.58 Å². The van der Waals surface area contributed by atoms with Crippen molar-refractivity contribution >= 4 is 29.7 Å². The molecule has 0 saturated heterocycles. The fraction of sp³-hybridized carbons (Fsp3) is 0.406. The molecule has 0 aliphatic rings. The molecule has 0 spiro atoms. The zero-order valence-corrected chi connectivity index (χ0v) is 24.3. The number of amides is 3. The van der Waals surface area contributed by atoms with Gasteiger partial charge in [-0.3, -0.25) is 9.59 Å². The lowest BCUT2D eigenvalue weighted by Crippen LogP contribution is -2.54. The summed E-state index contributed by atoms with van der Waals surface area (Å²) in [6.07, 6.45) is 3.20. The van der Waals surface area contributed by atoms with E-state index in [9.17, 15) is 14.4 Å². The van der Waals surface area contributed by atoms with E-state index in [-0.39, 0.29) is 18.4 Å². The fourth-order valence-electron chi connectivity index (χ4n) is 4.29. The van der Waals surface area contributed by atoms with E-state index in [4.69, 9.17) is 4.74 Å². The van der Waals surface area contributed by atoms with Gasteiger partial charge in [-0.25, -0.2) is 4.79 Å². The van der Waals surface area contributed by atoms with Gasteiger partial charge in [0.15, 0.2) is 0 Å². The van der Waals surface area contributed by atoms with Crippen molar-refractivity contribution in [3.63, 3.8) is 0 Å². The van der Waals surface area contributed by atoms with Crippen molar-refractivity contribution in [3.8, 4) is 0 Å². The Balaban J connectivity index is 2.61. The lowest BCUT2D eigenvalue weighted by molar-refractivity contribution is -0.141. The van der Waals surface area contributed by atoms with Crippen LogP contribution in [0.4, 0.5) is 10.5 Å².